The summed E-state index contributed by atoms with van der Waals surface area (Å²) in [5.41, 5.74) is 0.629. The van der Waals surface area contributed by atoms with Gasteiger partial charge in [-0.25, -0.2) is 0 Å². The number of rotatable bonds is 4. The summed E-state index contributed by atoms with van der Waals surface area (Å²) in [5, 5.41) is 2.24. The van der Waals surface area contributed by atoms with E-state index in [-0.39, 0.29) is 23.1 Å². The van der Waals surface area contributed by atoms with Gasteiger partial charge < -0.3 is 0 Å². The van der Waals surface area contributed by atoms with Gasteiger partial charge in [-0.05, 0) is 24.3 Å². The van der Waals surface area contributed by atoms with Crippen LogP contribution in [0.2, 0.25) is 0 Å². The Morgan fingerprint density at radius 1 is 1.18 bits per heavy atom. The summed E-state index contributed by atoms with van der Waals surface area (Å²) in [4.78, 5) is 29.0. The van der Waals surface area contributed by atoms with Crippen LogP contribution in [0.4, 0.5) is 0 Å². The van der Waals surface area contributed by atoms with Crippen LogP contribution < -0.4 is 0 Å². The Hall–Kier alpha value is -1.07. The zero-order chi connectivity index (χ0) is 15.7. The molecule has 118 valence electrons. The molecule has 0 spiro atoms. The maximum Gasteiger partial charge on any atom is 0.268 e. The molecule has 0 unspecified atom stereocenters. The summed E-state index contributed by atoms with van der Waals surface area (Å²) in [5.74, 6) is -0.151. The molecular formula is C17H21NO2S2. The molecule has 0 saturated heterocycles. The van der Waals surface area contributed by atoms with Crippen LogP contribution in [0.1, 0.15) is 50.8 Å². The predicted molar refractivity (Wildman–Crippen MR) is 92.7 cm³/mol. The predicted octanol–water partition coefficient (Wildman–Crippen LogP) is 4.30. The molecule has 1 aliphatic carbocycles. The Morgan fingerprint density at radius 3 is 2.50 bits per heavy atom. The van der Waals surface area contributed by atoms with Crippen LogP contribution in [-0.4, -0.2) is 28.0 Å². The van der Waals surface area contributed by atoms with E-state index in [1.54, 1.807) is 4.90 Å². The summed E-state index contributed by atoms with van der Waals surface area (Å²) in [6, 6.07) is 3.97. The molecule has 0 aromatic carbocycles. The lowest BCUT2D eigenvalue weighted by atomic mass is 9.94. The maximum absolute atomic E-state index is 12.9. The van der Waals surface area contributed by atoms with E-state index in [0.29, 0.717) is 10.5 Å². The van der Waals surface area contributed by atoms with Crippen molar-refractivity contribution < 1.29 is 9.59 Å². The number of thioether (sulfide) groups is 1. The Bertz CT molecular complexity index is 598. The maximum atomic E-state index is 12.9. The van der Waals surface area contributed by atoms with E-state index in [1.807, 2.05) is 17.5 Å². The second-order valence-electron chi connectivity index (χ2n) is 6.12. The highest BCUT2D eigenvalue weighted by Crippen LogP contribution is 2.41. The molecule has 1 aliphatic heterocycles. The Balaban J connectivity index is 1.96. The zero-order valence-electron chi connectivity index (χ0n) is 13.0. The zero-order valence-corrected chi connectivity index (χ0v) is 14.6. The molecule has 3 nitrogen and oxygen atoms in total. The van der Waals surface area contributed by atoms with E-state index in [2.05, 4.69) is 13.8 Å². The van der Waals surface area contributed by atoms with Crippen molar-refractivity contribution in [1.29, 1.82) is 0 Å². The van der Waals surface area contributed by atoms with Gasteiger partial charge in [-0.1, -0.05) is 39.2 Å². The number of carbonyl (C=O) groups excluding carboxylic acids is 2. The number of imide groups is 1. The molecule has 22 heavy (non-hydrogen) atoms. The number of nitrogens with zero attached hydrogens (tertiary/aromatic N) is 1. The summed E-state index contributed by atoms with van der Waals surface area (Å²) in [7, 11) is 0. The van der Waals surface area contributed by atoms with E-state index in [9.17, 15) is 9.59 Å². The van der Waals surface area contributed by atoms with E-state index < -0.39 is 0 Å². The fourth-order valence-electron chi connectivity index (χ4n) is 3.18. The molecule has 2 aliphatic rings. The van der Waals surface area contributed by atoms with Gasteiger partial charge in [0.05, 0.1) is 10.5 Å². The molecule has 1 saturated carbocycles. The Morgan fingerprint density at radius 2 is 1.91 bits per heavy atom. The van der Waals surface area contributed by atoms with Crippen LogP contribution in [0.15, 0.2) is 22.4 Å². The van der Waals surface area contributed by atoms with Crippen molar-refractivity contribution >= 4 is 40.5 Å². The molecule has 1 aromatic heterocycles. The van der Waals surface area contributed by atoms with Crippen LogP contribution in [0, 0.1) is 0 Å². The molecular weight excluding hydrogens is 314 g/mol. The normalized spacial score (nSPS) is 20.6. The van der Waals surface area contributed by atoms with E-state index in [4.69, 9.17) is 0 Å². The third-order valence-electron chi connectivity index (χ3n) is 4.13. The van der Waals surface area contributed by atoms with Gasteiger partial charge in [-0.15, -0.1) is 23.1 Å². The summed E-state index contributed by atoms with van der Waals surface area (Å²) in [6.07, 6.45) is 5.35. The molecule has 0 N–H and O–H groups in total. The lowest BCUT2D eigenvalue weighted by molar-refractivity contribution is -0.139. The van der Waals surface area contributed by atoms with Crippen molar-refractivity contribution in [2.75, 3.05) is 0 Å². The SMILES string of the molecule is CC(C)SC1=C(c2cccs2)C(=O)N(C2CCCCC2)C1=O. The van der Waals surface area contributed by atoms with Gasteiger partial charge in [0, 0.05) is 16.2 Å². The minimum absolute atomic E-state index is 0.0704. The van der Waals surface area contributed by atoms with Crippen LogP contribution in [0.3, 0.4) is 0 Å². The fraction of sp³-hybridized carbons (Fsp3) is 0.529. The molecule has 2 heterocycles. The van der Waals surface area contributed by atoms with Gasteiger partial charge in [-0.3, -0.25) is 14.5 Å². The van der Waals surface area contributed by atoms with Crippen LogP contribution in [-0.2, 0) is 9.59 Å². The summed E-state index contributed by atoms with van der Waals surface area (Å²) < 4.78 is 0. The van der Waals surface area contributed by atoms with Gasteiger partial charge in [-0.2, -0.15) is 0 Å². The number of amides is 2. The van der Waals surface area contributed by atoms with Gasteiger partial charge in [0.15, 0.2) is 0 Å². The van der Waals surface area contributed by atoms with E-state index in [1.165, 1.54) is 29.5 Å². The average molecular weight is 335 g/mol. The first-order chi connectivity index (χ1) is 10.6. The lowest BCUT2D eigenvalue weighted by Gasteiger charge is -2.29. The topological polar surface area (TPSA) is 37.4 Å². The van der Waals surface area contributed by atoms with Crippen molar-refractivity contribution in [3.8, 4) is 0 Å². The largest absolute Gasteiger partial charge is 0.271 e. The highest BCUT2D eigenvalue weighted by atomic mass is 32.2. The quantitative estimate of drug-likeness (QED) is 0.770. The van der Waals surface area contributed by atoms with Crippen molar-refractivity contribution in [3.05, 3.63) is 27.3 Å². The first-order valence-corrected chi connectivity index (χ1v) is 9.68. The average Bonchev–Trinajstić information content (AvgIpc) is 3.08. The lowest BCUT2D eigenvalue weighted by Crippen LogP contribution is -2.42. The number of thiophene rings is 1. The van der Waals surface area contributed by atoms with E-state index in [0.717, 1.165) is 30.6 Å². The molecule has 5 heteroatoms. The van der Waals surface area contributed by atoms with Crippen molar-refractivity contribution in [1.82, 2.24) is 4.90 Å². The van der Waals surface area contributed by atoms with Crippen LogP contribution in [0.5, 0.6) is 0 Å². The minimum Gasteiger partial charge on any atom is -0.271 e. The van der Waals surface area contributed by atoms with Gasteiger partial charge in [0.25, 0.3) is 11.8 Å². The first-order valence-electron chi connectivity index (χ1n) is 7.92. The molecule has 3 rings (SSSR count). The molecule has 0 radical (unpaired) electrons. The Labute approximate surface area is 139 Å². The number of hydrogen-bond acceptors (Lipinski definition) is 4. The van der Waals surface area contributed by atoms with Gasteiger partial charge in [0.2, 0.25) is 0 Å². The summed E-state index contributed by atoms with van der Waals surface area (Å²) >= 11 is 3.06. The van der Waals surface area contributed by atoms with Gasteiger partial charge in [0.1, 0.15) is 0 Å². The highest BCUT2D eigenvalue weighted by molar-refractivity contribution is 8.04. The molecule has 1 aromatic rings. The highest BCUT2D eigenvalue weighted by Gasteiger charge is 2.43. The molecule has 2 amide bonds. The van der Waals surface area contributed by atoms with Crippen molar-refractivity contribution in [2.45, 2.75) is 57.2 Å². The van der Waals surface area contributed by atoms with Crippen LogP contribution >= 0.6 is 23.1 Å². The third-order valence-corrected chi connectivity index (χ3v) is 6.11. The van der Waals surface area contributed by atoms with Crippen molar-refractivity contribution in [2.24, 2.45) is 0 Å². The molecule has 1 fully saturated rings. The van der Waals surface area contributed by atoms with Crippen LogP contribution in [0.25, 0.3) is 5.57 Å². The standard InChI is InChI=1S/C17H21NO2S2/c1-11(2)22-15-14(13-9-6-10-21-13)16(19)18(17(15)20)12-7-4-3-5-8-12/h6,9-12H,3-5,7-8H2,1-2H3. The van der Waals surface area contributed by atoms with Crippen molar-refractivity contribution in [3.63, 3.8) is 0 Å². The number of carbonyl (C=O) groups is 2. The second kappa shape index (κ2) is 6.59. The molecule has 0 atom stereocenters. The van der Waals surface area contributed by atoms with E-state index >= 15 is 0 Å². The molecule has 0 bridgehead atoms. The Kier molecular flexibility index (Phi) is 4.73. The first kappa shape index (κ1) is 15.8. The second-order valence-corrected chi connectivity index (χ2v) is 8.65. The minimum atomic E-state index is -0.0810. The fourth-order valence-corrected chi connectivity index (χ4v) is 5.00. The summed E-state index contributed by atoms with van der Waals surface area (Å²) in [6.45, 7) is 4.12. The van der Waals surface area contributed by atoms with Gasteiger partial charge >= 0.3 is 0 Å². The number of hydrogen-bond donors (Lipinski definition) is 0. The smallest absolute Gasteiger partial charge is 0.268 e. The third kappa shape index (κ3) is 2.88. The monoisotopic (exact) mass is 335 g/mol.